The standard InChI is InChI=1S/C14H17NO2S/c1-9-8-12(16)17-13(9)10-4-6-11(7-5-10)14(18)15(2)3/h4-7,9,13H,8H2,1-3H3/t9?,13-/m0/s1. The van der Waals surface area contributed by atoms with Gasteiger partial charge in [-0.05, 0) is 5.56 Å². The maximum Gasteiger partial charge on any atom is 0.306 e. The largest absolute Gasteiger partial charge is 0.457 e. The van der Waals surface area contributed by atoms with Crippen LogP contribution in [-0.2, 0) is 9.53 Å². The number of nitrogens with zero attached hydrogens (tertiary/aromatic N) is 1. The molecule has 0 aliphatic carbocycles. The Morgan fingerprint density at radius 2 is 1.94 bits per heavy atom. The lowest BCUT2D eigenvalue weighted by molar-refractivity contribution is -0.141. The van der Waals surface area contributed by atoms with E-state index in [2.05, 4.69) is 0 Å². The molecule has 1 aromatic carbocycles. The van der Waals surface area contributed by atoms with Gasteiger partial charge in [-0.2, -0.15) is 0 Å². The number of rotatable bonds is 2. The average molecular weight is 263 g/mol. The highest BCUT2D eigenvalue weighted by molar-refractivity contribution is 7.80. The zero-order chi connectivity index (χ0) is 13.3. The smallest absolute Gasteiger partial charge is 0.306 e. The fraction of sp³-hybridized carbons (Fsp3) is 0.429. The molecule has 1 aliphatic heterocycles. The lowest BCUT2D eigenvalue weighted by Gasteiger charge is -2.17. The monoisotopic (exact) mass is 263 g/mol. The zero-order valence-corrected chi connectivity index (χ0v) is 11.7. The van der Waals surface area contributed by atoms with Crippen molar-refractivity contribution in [3.05, 3.63) is 35.4 Å². The molecule has 3 nitrogen and oxygen atoms in total. The molecule has 18 heavy (non-hydrogen) atoms. The molecule has 0 bridgehead atoms. The molecular formula is C14H17NO2S. The van der Waals surface area contributed by atoms with E-state index in [1.54, 1.807) is 0 Å². The van der Waals surface area contributed by atoms with E-state index < -0.39 is 0 Å². The van der Waals surface area contributed by atoms with Gasteiger partial charge in [0, 0.05) is 25.6 Å². The molecule has 0 saturated carbocycles. The van der Waals surface area contributed by atoms with Gasteiger partial charge < -0.3 is 9.64 Å². The summed E-state index contributed by atoms with van der Waals surface area (Å²) in [5, 5.41) is 0. The predicted molar refractivity (Wildman–Crippen MR) is 74.4 cm³/mol. The molecular weight excluding hydrogens is 246 g/mol. The molecule has 1 aliphatic rings. The van der Waals surface area contributed by atoms with Gasteiger partial charge >= 0.3 is 5.97 Å². The van der Waals surface area contributed by atoms with Gasteiger partial charge in [-0.3, -0.25) is 4.79 Å². The summed E-state index contributed by atoms with van der Waals surface area (Å²) in [6.45, 7) is 2.04. The van der Waals surface area contributed by atoms with Crippen LogP contribution >= 0.6 is 12.2 Å². The molecule has 2 atom stereocenters. The van der Waals surface area contributed by atoms with E-state index in [1.807, 2.05) is 50.2 Å². The number of ether oxygens (including phenoxy) is 1. The molecule has 0 radical (unpaired) electrons. The normalized spacial score (nSPS) is 22.7. The van der Waals surface area contributed by atoms with Gasteiger partial charge in [0.25, 0.3) is 0 Å². The van der Waals surface area contributed by atoms with E-state index in [-0.39, 0.29) is 18.0 Å². The van der Waals surface area contributed by atoms with Crippen LogP contribution in [0.3, 0.4) is 0 Å². The Balaban J connectivity index is 2.18. The van der Waals surface area contributed by atoms with E-state index >= 15 is 0 Å². The summed E-state index contributed by atoms with van der Waals surface area (Å²) in [6, 6.07) is 7.95. The molecule has 0 amide bonds. The highest BCUT2D eigenvalue weighted by Crippen LogP contribution is 2.34. The third-order valence-corrected chi connectivity index (χ3v) is 3.76. The van der Waals surface area contributed by atoms with Gasteiger partial charge in [-0.25, -0.2) is 0 Å². The van der Waals surface area contributed by atoms with Crippen molar-refractivity contribution in [3.63, 3.8) is 0 Å². The maximum atomic E-state index is 11.3. The number of esters is 1. The van der Waals surface area contributed by atoms with Crippen LogP contribution in [0.1, 0.15) is 30.6 Å². The van der Waals surface area contributed by atoms with E-state index in [0.717, 1.165) is 16.1 Å². The maximum absolute atomic E-state index is 11.3. The Labute approximate surface area is 113 Å². The van der Waals surface area contributed by atoms with E-state index in [9.17, 15) is 4.79 Å². The molecule has 0 N–H and O–H groups in total. The Hall–Kier alpha value is -1.42. The number of hydrogen-bond donors (Lipinski definition) is 0. The van der Waals surface area contributed by atoms with Crippen molar-refractivity contribution in [2.24, 2.45) is 5.92 Å². The SMILES string of the molecule is CC1CC(=O)O[C@@H]1c1ccc(C(=S)N(C)C)cc1. The molecule has 1 heterocycles. The molecule has 1 saturated heterocycles. The van der Waals surface area contributed by atoms with Crippen molar-refractivity contribution in [3.8, 4) is 0 Å². The summed E-state index contributed by atoms with van der Waals surface area (Å²) in [5.41, 5.74) is 2.05. The highest BCUT2D eigenvalue weighted by atomic mass is 32.1. The van der Waals surface area contributed by atoms with Crippen LogP contribution in [0.25, 0.3) is 0 Å². The zero-order valence-electron chi connectivity index (χ0n) is 10.8. The Bertz CT molecular complexity index is 467. The highest BCUT2D eigenvalue weighted by Gasteiger charge is 2.32. The van der Waals surface area contributed by atoms with Crippen molar-refractivity contribution in [1.29, 1.82) is 0 Å². The van der Waals surface area contributed by atoms with E-state index in [4.69, 9.17) is 17.0 Å². The second-order valence-corrected chi connectivity index (χ2v) is 5.30. The van der Waals surface area contributed by atoms with E-state index in [0.29, 0.717) is 6.42 Å². The molecule has 1 unspecified atom stereocenters. The summed E-state index contributed by atoms with van der Waals surface area (Å²) in [5.74, 6) is 0.129. The third kappa shape index (κ3) is 2.53. The summed E-state index contributed by atoms with van der Waals surface area (Å²) in [4.78, 5) is 14.0. The quantitative estimate of drug-likeness (QED) is 0.606. The molecule has 0 spiro atoms. The molecule has 2 rings (SSSR count). The van der Waals surface area contributed by atoms with Crippen LogP contribution in [0.4, 0.5) is 0 Å². The first-order chi connectivity index (χ1) is 8.49. The van der Waals surface area contributed by atoms with Crippen molar-refractivity contribution >= 4 is 23.2 Å². The number of benzene rings is 1. The second-order valence-electron chi connectivity index (χ2n) is 4.91. The minimum atomic E-state index is -0.112. The molecule has 1 aromatic rings. The fourth-order valence-corrected chi connectivity index (χ4v) is 2.28. The number of thiocarbonyl (C=S) groups is 1. The lowest BCUT2D eigenvalue weighted by Crippen LogP contribution is -2.20. The first-order valence-electron chi connectivity index (χ1n) is 6.00. The number of hydrogen-bond acceptors (Lipinski definition) is 3. The minimum Gasteiger partial charge on any atom is -0.457 e. The van der Waals surface area contributed by atoms with Crippen LogP contribution in [0, 0.1) is 5.92 Å². The summed E-state index contributed by atoms with van der Waals surface area (Å²) < 4.78 is 5.33. The van der Waals surface area contributed by atoms with Crippen LogP contribution in [0.5, 0.6) is 0 Å². The molecule has 96 valence electrons. The van der Waals surface area contributed by atoms with Gasteiger partial charge in [0.1, 0.15) is 11.1 Å². The van der Waals surface area contributed by atoms with Crippen molar-refractivity contribution in [1.82, 2.24) is 4.90 Å². The molecule has 4 heteroatoms. The van der Waals surface area contributed by atoms with Crippen molar-refractivity contribution < 1.29 is 9.53 Å². The fourth-order valence-electron chi connectivity index (χ4n) is 2.15. The first-order valence-corrected chi connectivity index (χ1v) is 6.41. The minimum absolute atomic E-state index is 0.111. The Morgan fingerprint density at radius 1 is 1.33 bits per heavy atom. The van der Waals surface area contributed by atoms with Crippen LogP contribution < -0.4 is 0 Å². The number of carbonyl (C=O) groups is 1. The van der Waals surface area contributed by atoms with Crippen LogP contribution in [0.2, 0.25) is 0 Å². The van der Waals surface area contributed by atoms with Gasteiger partial charge in [-0.1, -0.05) is 43.4 Å². The topological polar surface area (TPSA) is 29.5 Å². The first kappa shape index (κ1) is 13.0. The number of cyclic esters (lactones) is 1. The van der Waals surface area contributed by atoms with Gasteiger partial charge in [0.15, 0.2) is 0 Å². The second kappa shape index (κ2) is 5.06. The van der Waals surface area contributed by atoms with Crippen molar-refractivity contribution in [2.45, 2.75) is 19.4 Å². The van der Waals surface area contributed by atoms with Gasteiger partial charge in [0.2, 0.25) is 0 Å². The molecule has 1 fully saturated rings. The molecule has 0 aromatic heterocycles. The summed E-state index contributed by atoms with van der Waals surface area (Å²) in [6.07, 6.45) is 0.391. The Kier molecular flexibility index (Phi) is 3.66. The lowest BCUT2D eigenvalue weighted by atomic mass is 9.96. The van der Waals surface area contributed by atoms with Gasteiger partial charge in [0.05, 0.1) is 6.42 Å². The summed E-state index contributed by atoms with van der Waals surface area (Å²) in [7, 11) is 3.86. The van der Waals surface area contributed by atoms with Crippen molar-refractivity contribution in [2.75, 3.05) is 14.1 Å². The van der Waals surface area contributed by atoms with Crippen LogP contribution in [-0.4, -0.2) is 30.0 Å². The van der Waals surface area contributed by atoms with E-state index in [1.165, 1.54) is 0 Å². The Morgan fingerprint density at radius 3 is 2.39 bits per heavy atom. The third-order valence-electron chi connectivity index (χ3n) is 3.16. The van der Waals surface area contributed by atoms with Gasteiger partial charge in [-0.15, -0.1) is 0 Å². The van der Waals surface area contributed by atoms with Crippen LogP contribution in [0.15, 0.2) is 24.3 Å². The average Bonchev–Trinajstić information content (AvgIpc) is 2.67. The summed E-state index contributed by atoms with van der Waals surface area (Å²) >= 11 is 5.30. The number of carbonyl (C=O) groups excluding carboxylic acids is 1. The predicted octanol–water partition coefficient (Wildman–Crippen LogP) is 2.55.